The molecule has 27 heavy (non-hydrogen) atoms. The van der Waals surface area contributed by atoms with Crippen LogP contribution < -0.4 is 21.1 Å². The lowest BCUT2D eigenvalue weighted by molar-refractivity contribution is 0.417. The molecule has 0 aliphatic rings. The number of nitrogens with one attached hydrogen (secondary N) is 2. The zero-order valence-corrected chi connectivity index (χ0v) is 15.7. The molecule has 2 aromatic carbocycles. The predicted octanol–water partition coefficient (Wildman–Crippen LogP) is 4.47. The maximum atomic E-state index is 6.27. The average molecular weight is 378 g/mol. The molecule has 4 N–H and O–H groups in total. The van der Waals surface area contributed by atoms with Gasteiger partial charge in [0.05, 0.1) is 23.0 Å². The molecule has 0 saturated heterocycles. The number of ether oxygens (including phenoxy) is 1. The number of thiazole rings is 1. The van der Waals surface area contributed by atoms with Crippen molar-refractivity contribution in [3.05, 3.63) is 54.4 Å². The molecular formula is C19H18N6OS. The number of anilines is 5. The first kappa shape index (κ1) is 17.0. The number of hydrogen-bond donors (Lipinski definition) is 3. The van der Waals surface area contributed by atoms with Crippen molar-refractivity contribution < 1.29 is 4.74 Å². The Morgan fingerprint density at radius 3 is 2.63 bits per heavy atom. The van der Waals surface area contributed by atoms with E-state index in [0.29, 0.717) is 23.1 Å². The van der Waals surface area contributed by atoms with Crippen LogP contribution in [0.3, 0.4) is 0 Å². The minimum Gasteiger partial charge on any atom is -0.495 e. The highest BCUT2D eigenvalue weighted by molar-refractivity contribution is 7.22. The Morgan fingerprint density at radius 1 is 1.04 bits per heavy atom. The van der Waals surface area contributed by atoms with Crippen LogP contribution in [0, 0.1) is 6.92 Å². The Labute approximate surface area is 160 Å². The van der Waals surface area contributed by atoms with E-state index in [1.807, 2.05) is 36.4 Å². The number of para-hydroxylation sites is 2. The molecule has 0 fully saturated rings. The van der Waals surface area contributed by atoms with Gasteiger partial charge < -0.3 is 21.1 Å². The second-order valence-corrected chi connectivity index (χ2v) is 6.96. The largest absolute Gasteiger partial charge is 0.495 e. The third-order valence-electron chi connectivity index (χ3n) is 4.01. The van der Waals surface area contributed by atoms with Gasteiger partial charge in [0.2, 0.25) is 0 Å². The molecule has 0 radical (unpaired) electrons. The van der Waals surface area contributed by atoms with Crippen LogP contribution in [0.25, 0.3) is 10.2 Å². The van der Waals surface area contributed by atoms with Gasteiger partial charge in [-0.05, 0) is 36.8 Å². The van der Waals surface area contributed by atoms with E-state index < -0.39 is 0 Å². The van der Waals surface area contributed by atoms with Crippen LogP contribution >= 0.6 is 11.3 Å². The molecule has 2 aromatic heterocycles. The molecule has 4 rings (SSSR count). The van der Waals surface area contributed by atoms with Gasteiger partial charge >= 0.3 is 0 Å². The Morgan fingerprint density at radius 2 is 1.81 bits per heavy atom. The predicted molar refractivity (Wildman–Crippen MR) is 110 cm³/mol. The monoisotopic (exact) mass is 378 g/mol. The molecule has 136 valence electrons. The number of benzene rings is 2. The summed E-state index contributed by atoms with van der Waals surface area (Å²) >= 11 is 1.55. The fourth-order valence-electron chi connectivity index (χ4n) is 2.66. The van der Waals surface area contributed by atoms with E-state index in [0.717, 1.165) is 21.0 Å². The molecule has 0 aliphatic heterocycles. The summed E-state index contributed by atoms with van der Waals surface area (Å²) in [6, 6.07) is 13.7. The molecule has 0 amide bonds. The number of nitrogen functional groups attached to an aromatic ring is 1. The highest BCUT2D eigenvalue weighted by Crippen LogP contribution is 2.34. The molecule has 0 bridgehead atoms. The number of nitrogens with zero attached hydrogens (tertiary/aromatic N) is 3. The number of fused-ring (bicyclic) bond motifs is 1. The maximum absolute atomic E-state index is 6.27. The summed E-state index contributed by atoms with van der Waals surface area (Å²) in [6.07, 6.45) is 1.45. The fourth-order valence-corrected chi connectivity index (χ4v) is 3.62. The Kier molecular flexibility index (Phi) is 4.47. The van der Waals surface area contributed by atoms with Crippen molar-refractivity contribution in [2.45, 2.75) is 6.92 Å². The first-order chi connectivity index (χ1) is 13.1. The minimum atomic E-state index is 0.402. The maximum Gasteiger partial charge on any atom is 0.189 e. The highest BCUT2D eigenvalue weighted by Gasteiger charge is 2.12. The van der Waals surface area contributed by atoms with E-state index in [1.165, 1.54) is 11.9 Å². The molecule has 0 spiro atoms. The van der Waals surface area contributed by atoms with Crippen molar-refractivity contribution in [1.82, 2.24) is 15.0 Å². The topological polar surface area (TPSA) is 98.0 Å². The van der Waals surface area contributed by atoms with Crippen LogP contribution in [-0.4, -0.2) is 22.1 Å². The van der Waals surface area contributed by atoms with Gasteiger partial charge in [0.15, 0.2) is 16.8 Å². The zero-order valence-electron chi connectivity index (χ0n) is 14.9. The molecule has 0 aliphatic carbocycles. The van der Waals surface area contributed by atoms with Crippen molar-refractivity contribution in [2.75, 3.05) is 23.5 Å². The summed E-state index contributed by atoms with van der Waals surface area (Å²) in [5.74, 6) is 1.69. The van der Waals surface area contributed by atoms with E-state index in [1.54, 1.807) is 18.4 Å². The summed E-state index contributed by atoms with van der Waals surface area (Å²) < 4.78 is 6.46. The lowest BCUT2D eigenvalue weighted by Crippen LogP contribution is -2.05. The fraction of sp³-hybridized carbons (Fsp3) is 0.105. The number of nitrogens with two attached hydrogens (primary N) is 1. The number of rotatable bonds is 5. The van der Waals surface area contributed by atoms with Crippen molar-refractivity contribution in [3.63, 3.8) is 0 Å². The highest BCUT2D eigenvalue weighted by atomic mass is 32.1. The quantitative estimate of drug-likeness (QED) is 0.471. The number of aromatic nitrogens is 3. The van der Waals surface area contributed by atoms with Gasteiger partial charge in [0, 0.05) is 0 Å². The Balaban J connectivity index is 1.63. The van der Waals surface area contributed by atoms with E-state index in [-0.39, 0.29) is 0 Å². The van der Waals surface area contributed by atoms with Crippen LogP contribution in [0.4, 0.5) is 28.1 Å². The molecule has 0 unspecified atom stereocenters. The number of aryl methyl sites for hydroxylation is 1. The summed E-state index contributed by atoms with van der Waals surface area (Å²) in [5.41, 5.74) is 9.58. The van der Waals surface area contributed by atoms with Crippen LogP contribution in [0.5, 0.6) is 5.75 Å². The molecular weight excluding hydrogens is 360 g/mol. The van der Waals surface area contributed by atoms with E-state index in [9.17, 15) is 0 Å². The normalized spacial score (nSPS) is 10.7. The third kappa shape index (κ3) is 3.47. The summed E-state index contributed by atoms with van der Waals surface area (Å²) in [6.45, 7) is 2.06. The first-order valence-corrected chi connectivity index (χ1v) is 9.10. The van der Waals surface area contributed by atoms with Crippen molar-refractivity contribution in [3.8, 4) is 5.75 Å². The molecule has 4 aromatic rings. The summed E-state index contributed by atoms with van der Waals surface area (Å²) in [5, 5.41) is 7.12. The van der Waals surface area contributed by atoms with Crippen molar-refractivity contribution >= 4 is 49.7 Å². The number of methoxy groups -OCH3 is 1. The van der Waals surface area contributed by atoms with Crippen LogP contribution in [0.15, 0.2) is 48.8 Å². The van der Waals surface area contributed by atoms with Gasteiger partial charge in [-0.1, -0.05) is 29.5 Å². The number of hydrogen-bond acceptors (Lipinski definition) is 8. The van der Waals surface area contributed by atoms with Crippen molar-refractivity contribution in [1.29, 1.82) is 0 Å². The second-order valence-electron chi connectivity index (χ2n) is 5.93. The smallest absolute Gasteiger partial charge is 0.189 e. The standard InChI is InChI=1S/C19H18N6OS/c1-11-7-8-13-15(9-11)27-19(24-13)25-18-16(20)17(21-10-22-18)23-12-5-3-4-6-14(12)26-2/h3-10H,20H2,1-2H3,(H2,21,22,23,24,25). The molecule has 2 heterocycles. The van der Waals surface area contributed by atoms with Gasteiger partial charge in [-0.2, -0.15) is 0 Å². The van der Waals surface area contributed by atoms with Gasteiger partial charge in [-0.15, -0.1) is 0 Å². The average Bonchev–Trinajstić information content (AvgIpc) is 3.07. The van der Waals surface area contributed by atoms with Gasteiger partial charge in [-0.3, -0.25) is 0 Å². The zero-order chi connectivity index (χ0) is 18.8. The lowest BCUT2D eigenvalue weighted by Gasteiger charge is -2.13. The Bertz CT molecular complexity index is 1110. The molecule has 0 saturated carbocycles. The van der Waals surface area contributed by atoms with Crippen LogP contribution in [0.2, 0.25) is 0 Å². The van der Waals surface area contributed by atoms with Crippen molar-refractivity contribution in [2.24, 2.45) is 0 Å². The van der Waals surface area contributed by atoms with E-state index >= 15 is 0 Å². The lowest BCUT2D eigenvalue weighted by atomic mass is 10.2. The first-order valence-electron chi connectivity index (χ1n) is 8.29. The SMILES string of the molecule is COc1ccccc1Nc1ncnc(Nc2nc3ccc(C)cc3s2)c1N. The molecule has 8 heteroatoms. The summed E-state index contributed by atoms with van der Waals surface area (Å²) in [4.78, 5) is 13.1. The van der Waals surface area contributed by atoms with E-state index in [2.05, 4.69) is 38.6 Å². The molecule has 0 atom stereocenters. The minimum absolute atomic E-state index is 0.402. The third-order valence-corrected chi connectivity index (χ3v) is 4.95. The summed E-state index contributed by atoms with van der Waals surface area (Å²) in [7, 11) is 1.62. The Hall–Kier alpha value is -3.39. The van der Waals surface area contributed by atoms with Crippen LogP contribution in [-0.2, 0) is 0 Å². The van der Waals surface area contributed by atoms with Gasteiger partial charge in [0.25, 0.3) is 0 Å². The van der Waals surface area contributed by atoms with Gasteiger partial charge in [0.1, 0.15) is 17.8 Å². The van der Waals surface area contributed by atoms with Gasteiger partial charge in [-0.25, -0.2) is 15.0 Å². The second kappa shape index (κ2) is 7.08. The molecule has 7 nitrogen and oxygen atoms in total. The van der Waals surface area contributed by atoms with Crippen LogP contribution in [0.1, 0.15) is 5.56 Å². The van der Waals surface area contributed by atoms with E-state index in [4.69, 9.17) is 10.5 Å².